The summed E-state index contributed by atoms with van der Waals surface area (Å²) in [6.45, 7) is 4.66. The number of rotatable bonds is 10. The third kappa shape index (κ3) is 5.42. The minimum Gasteiger partial charge on any atom is -0.493 e. The Kier molecular flexibility index (Phi) is 7.43. The van der Waals surface area contributed by atoms with Crippen LogP contribution in [0.5, 0.6) is 11.5 Å². The third-order valence-corrected chi connectivity index (χ3v) is 5.00. The molecule has 0 fully saturated rings. The predicted octanol–water partition coefficient (Wildman–Crippen LogP) is 4.92. The van der Waals surface area contributed by atoms with Gasteiger partial charge in [-0.2, -0.15) is 0 Å². The summed E-state index contributed by atoms with van der Waals surface area (Å²) in [5.74, 6) is 1.97. The van der Waals surface area contributed by atoms with E-state index >= 15 is 0 Å². The minimum atomic E-state index is -0.483. The van der Waals surface area contributed by atoms with Gasteiger partial charge in [0.15, 0.2) is 11.5 Å². The van der Waals surface area contributed by atoms with Gasteiger partial charge in [-0.25, -0.2) is 9.97 Å². The highest BCUT2D eigenvalue weighted by Gasteiger charge is 2.23. The van der Waals surface area contributed by atoms with E-state index in [1.54, 1.807) is 14.2 Å². The van der Waals surface area contributed by atoms with Crippen molar-refractivity contribution in [2.75, 3.05) is 31.4 Å². The number of hydrogen-bond acceptors (Lipinski definition) is 8. The molecule has 0 unspecified atom stereocenters. The van der Waals surface area contributed by atoms with Crippen molar-refractivity contribution in [2.24, 2.45) is 0 Å². The summed E-state index contributed by atoms with van der Waals surface area (Å²) < 4.78 is 10.6. The van der Waals surface area contributed by atoms with E-state index in [1.807, 2.05) is 42.5 Å². The molecule has 9 heteroatoms. The highest BCUT2D eigenvalue weighted by atomic mass is 16.6. The SMILES string of the molecule is COc1ccc(CCNc2ncnc(Nc3ccc(C(C)C)cc3)c2[N+](=O)[O-])cc1OC. The molecular weight excluding hydrogens is 410 g/mol. The summed E-state index contributed by atoms with van der Waals surface area (Å²) in [6, 6.07) is 13.4. The summed E-state index contributed by atoms with van der Waals surface area (Å²) >= 11 is 0. The van der Waals surface area contributed by atoms with E-state index in [0.29, 0.717) is 36.1 Å². The van der Waals surface area contributed by atoms with E-state index in [4.69, 9.17) is 9.47 Å². The number of aromatic nitrogens is 2. The van der Waals surface area contributed by atoms with E-state index in [1.165, 1.54) is 11.9 Å². The molecule has 2 aromatic carbocycles. The summed E-state index contributed by atoms with van der Waals surface area (Å²) in [7, 11) is 3.16. The number of hydrogen-bond donors (Lipinski definition) is 2. The Morgan fingerprint density at radius 3 is 2.31 bits per heavy atom. The van der Waals surface area contributed by atoms with E-state index in [2.05, 4.69) is 34.4 Å². The van der Waals surface area contributed by atoms with Crippen molar-refractivity contribution in [3.8, 4) is 11.5 Å². The lowest BCUT2D eigenvalue weighted by molar-refractivity contribution is -0.383. The van der Waals surface area contributed by atoms with Crippen LogP contribution >= 0.6 is 0 Å². The molecule has 0 atom stereocenters. The van der Waals surface area contributed by atoms with Gasteiger partial charge in [0, 0.05) is 12.2 Å². The lowest BCUT2D eigenvalue weighted by Gasteiger charge is -2.12. The van der Waals surface area contributed by atoms with Gasteiger partial charge >= 0.3 is 5.69 Å². The topological polar surface area (TPSA) is 111 Å². The largest absolute Gasteiger partial charge is 0.493 e. The molecule has 9 nitrogen and oxygen atoms in total. The molecule has 1 heterocycles. The normalized spacial score (nSPS) is 10.7. The highest BCUT2D eigenvalue weighted by molar-refractivity contribution is 5.73. The van der Waals surface area contributed by atoms with Gasteiger partial charge in [-0.3, -0.25) is 10.1 Å². The second kappa shape index (κ2) is 10.4. The first-order chi connectivity index (χ1) is 15.4. The van der Waals surface area contributed by atoms with Crippen molar-refractivity contribution in [2.45, 2.75) is 26.2 Å². The highest BCUT2D eigenvalue weighted by Crippen LogP contribution is 2.32. The molecule has 0 radical (unpaired) electrons. The van der Waals surface area contributed by atoms with Crippen LogP contribution in [0.4, 0.5) is 23.0 Å². The minimum absolute atomic E-state index is 0.135. The van der Waals surface area contributed by atoms with Gasteiger partial charge in [-0.1, -0.05) is 32.0 Å². The van der Waals surface area contributed by atoms with Crippen molar-refractivity contribution in [1.82, 2.24) is 9.97 Å². The maximum Gasteiger partial charge on any atom is 0.353 e. The molecule has 0 saturated heterocycles. The summed E-state index contributed by atoms with van der Waals surface area (Å²) in [6.07, 6.45) is 1.91. The maximum atomic E-state index is 11.8. The van der Waals surface area contributed by atoms with Crippen molar-refractivity contribution in [1.29, 1.82) is 0 Å². The molecule has 2 N–H and O–H groups in total. The van der Waals surface area contributed by atoms with Gasteiger partial charge in [0.25, 0.3) is 0 Å². The molecule has 3 rings (SSSR count). The molecule has 168 valence electrons. The van der Waals surface area contributed by atoms with Crippen molar-refractivity contribution in [3.05, 3.63) is 70.0 Å². The Hall–Kier alpha value is -3.88. The maximum absolute atomic E-state index is 11.8. The number of nitro groups is 1. The van der Waals surface area contributed by atoms with Crippen LogP contribution in [0.25, 0.3) is 0 Å². The van der Waals surface area contributed by atoms with Crippen LogP contribution < -0.4 is 20.1 Å². The van der Waals surface area contributed by atoms with Crippen LogP contribution in [0.3, 0.4) is 0 Å². The Bertz CT molecular complexity index is 1070. The zero-order chi connectivity index (χ0) is 23.1. The van der Waals surface area contributed by atoms with Crippen molar-refractivity contribution >= 4 is 23.0 Å². The molecule has 32 heavy (non-hydrogen) atoms. The Balaban J connectivity index is 1.74. The fourth-order valence-electron chi connectivity index (χ4n) is 3.22. The van der Waals surface area contributed by atoms with Gasteiger partial charge in [0.2, 0.25) is 11.6 Å². The molecule has 1 aromatic heterocycles. The van der Waals surface area contributed by atoms with E-state index in [0.717, 1.165) is 5.56 Å². The number of methoxy groups -OCH3 is 2. The number of anilines is 3. The Labute approximate surface area is 187 Å². The number of nitrogens with zero attached hydrogens (tertiary/aromatic N) is 3. The molecule has 0 saturated carbocycles. The first-order valence-electron chi connectivity index (χ1n) is 10.2. The van der Waals surface area contributed by atoms with Crippen LogP contribution in [-0.2, 0) is 6.42 Å². The van der Waals surface area contributed by atoms with Crippen molar-refractivity contribution < 1.29 is 14.4 Å². The standard InChI is InChI=1S/C23H27N5O4/c1-15(2)17-6-8-18(9-7-17)27-23-21(28(29)30)22(25-14-26-23)24-12-11-16-5-10-19(31-3)20(13-16)32-4/h5-10,13-15H,11-12H2,1-4H3,(H2,24,25,26,27). The van der Waals surface area contributed by atoms with E-state index < -0.39 is 4.92 Å². The fourth-order valence-corrected chi connectivity index (χ4v) is 3.22. The van der Waals surface area contributed by atoms with Crippen LogP contribution in [0, 0.1) is 10.1 Å². The molecule has 0 aliphatic rings. The summed E-state index contributed by atoms with van der Waals surface area (Å²) in [4.78, 5) is 19.5. The molecule has 0 spiro atoms. The average Bonchev–Trinajstić information content (AvgIpc) is 2.79. The molecule has 3 aromatic rings. The smallest absolute Gasteiger partial charge is 0.353 e. The van der Waals surface area contributed by atoms with Crippen LogP contribution in [-0.4, -0.2) is 35.7 Å². The zero-order valence-corrected chi connectivity index (χ0v) is 18.6. The monoisotopic (exact) mass is 437 g/mol. The summed E-state index contributed by atoms with van der Waals surface area (Å²) in [5.41, 5.74) is 2.70. The van der Waals surface area contributed by atoms with Gasteiger partial charge in [0.05, 0.1) is 19.1 Å². The van der Waals surface area contributed by atoms with Gasteiger partial charge in [0.1, 0.15) is 6.33 Å². The quantitative estimate of drug-likeness (QED) is 0.339. The molecule has 0 bridgehead atoms. The lowest BCUT2D eigenvalue weighted by atomic mass is 10.0. The van der Waals surface area contributed by atoms with Gasteiger partial charge in [-0.05, 0) is 47.7 Å². The van der Waals surface area contributed by atoms with Gasteiger partial charge in [-0.15, -0.1) is 0 Å². The zero-order valence-electron chi connectivity index (χ0n) is 18.6. The molecule has 0 amide bonds. The molecular formula is C23H27N5O4. The predicted molar refractivity (Wildman–Crippen MR) is 124 cm³/mol. The first-order valence-corrected chi connectivity index (χ1v) is 10.2. The second-order valence-electron chi connectivity index (χ2n) is 7.44. The third-order valence-electron chi connectivity index (χ3n) is 5.00. The van der Waals surface area contributed by atoms with Crippen LogP contribution in [0.2, 0.25) is 0 Å². The average molecular weight is 438 g/mol. The Morgan fingerprint density at radius 1 is 1.00 bits per heavy atom. The number of benzene rings is 2. The fraction of sp³-hybridized carbons (Fsp3) is 0.304. The Morgan fingerprint density at radius 2 is 1.69 bits per heavy atom. The molecule has 0 aliphatic heterocycles. The van der Waals surface area contributed by atoms with Gasteiger partial charge < -0.3 is 20.1 Å². The van der Waals surface area contributed by atoms with E-state index in [-0.39, 0.29) is 17.3 Å². The van der Waals surface area contributed by atoms with Crippen LogP contribution in [0.15, 0.2) is 48.8 Å². The first kappa shape index (κ1) is 22.8. The second-order valence-corrected chi connectivity index (χ2v) is 7.44. The molecule has 0 aliphatic carbocycles. The number of nitrogens with one attached hydrogen (secondary N) is 2. The summed E-state index contributed by atoms with van der Waals surface area (Å²) in [5, 5.41) is 17.9. The lowest BCUT2D eigenvalue weighted by Crippen LogP contribution is -2.11. The van der Waals surface area contributed by atoms with E-state index in [9.17, 15) is 10.1 Å². The number of ether oxygens (including phenoxy) is 2. The van der Waals surface area contributed by atoms with Crippen LogP contribution in [0.1, 0.15) is 30.9 Å². The van der Waals surface area contributed by atoms with Crippen molar-refractivity contribution in [3.63, 3.8) is 0 Å².